The molecule has 4 N–H and O–H groups in total. The van der Waals surface area contributed by atoms with Gasteiger partial charge in [-0.3, -0.25) is 9.59 Å². The molecule has 8 heteroatoms. The Morgan fingerprint density at radius 3 is 2.61 bits per heavy atom. The number of hydrogen-bond donors (Lipinski definition) is 3. The first-order chi connectivity index (χ1) is 14.6. The highest BCUT2D eigenvalue weighted by atomic mass is 32.1. The summed E-state index contributed by atoms with van der Waals surface area (Å²) in [6.07, 6.45) is -0.205. The van der Waals surface area contributed by atoms with Crippen molar-refractivity contribution in [2.24, 2.45) is 11.1 Å². The van der Waals surface area contributed by atoms with Gasteiger partial charge < -0.3 is 21.1 Å². The summed E-state index contributed by atoms with van der Waals surface area (Å²) in [7, 11) is 0. The number of nitrogens with two attached hydrogens (primary N) is 1. The van der Waals surface area contributed by atoms with Crippen molar-refractivity contribution in [2.45, 2.75) is 58.7 Å². The molecule has 0 saturated carbocycles. The lowest BCUT2D eigenvalue weighted by atomic mass is 9.89. The molecule has 2 amide bonds. The van der Waals surface area contributed by atoms with Crippen LogP contribution in [-0.4, -0.2) is 52.0 Å². The Morgan fingerprint density at radius 2 is 2.03 bits per heavy atom. The van der Waals surface area contributed by atoms with Crippen LogP contribution in [0.1, 0.15) is 50.9 Å². The monoisotopic (exact) mass is 444 g/mol. The van der Waals surface area contributed by atoms with Gasteiger partial charge in [0.1, 0.15) is 6.04 Å². The minimum absolute atomic E-state index is 0.149. The summed E-state index contributed by atoms with van der Waals surface area (Å²) in [5.41, 5.74) is 10.3. The minimum atomic E-state index is -0.696. The molecule has 1 aliphatic rings. The smallest absolute Gasteiger partial charge is 0.243 e. The van der Waals surface area contributed by atoms with Gasteiger partial charge in [-0.2, -0.15) is 0 Å². The zero-order valence-electron chi connectivity index (χ0n) is 18.6. The molecule has 3 atom stereocenters. The maximum Gasteiger partial charge on any atom is 0.243 e. The van der Waals surface area contributed by atoms with E-state index in [4.69, 9.17) is 5.73 Å². The number of β-amino-alcohol motifs (C(OH)–C–C–N with tert-alkyl or cyclic N) is 1. The molecular weight excluding hydrogens is 412 g/mol. The molecule has 0 spiro atoms. The number of carbonyl (C=O) groups is 2. The normalized spacial score (nSPS) is 20.0. The predicted octanol–water partition coefficient (Wildman–Crippen LogP) is 2.63. The maximum atomic E-state index is 13.0. The Kier molecular flexibility index (Phi) is 7.13. The van der Waals surface area contributed by atoms with Crippen LogP contribution in [0.25, 0.3) is 10.4 Å². The van der Waals surface area contributed by atoms with Gasteiger partial charge >= 0.3 is 0 Å². The lowest BCUT2D eigenvalue weighted by molar-refractivity contribution is -0.140. The summed E-state index contributed by atoms with van der Waals surface area (Å²) in [4.78, 5) is 32.7. The summed E-state index contributed by atoms with van der Waals surface area (Å²) in [5, 5.41) is 13.1. The van der Waals surface area contributed by atoms with Crippen molar-refractivity contribution in [3.63, 3.8) is 0 Å². The van der Waals surface area contributed by atoms with Gasteiger partial charge in [0.15, 0.2) is 0 Å². The Morgan fingerprint density at radius 1 is 1.35 bits per heavy atom. The highest BCUT2D eigenvalue weighted by Crippen LogP contribution is 2.29. The molecule has 0 aliphatic carbocycles. The Bertz CT molecular complexity index is 925. The van der Waals surface area contributed by atoms with E-state index in [0.29, 0.717) is 6.54 Å². The zero-order valence-corrected chi connectivity index (χ0v) is 19.4. The van der Waals surface area contributed by atoms with Gasteiger partial charge in [-0.05, 0) is 36.9 Å². The minimum Gasteiger partial charge on any atom is -0.391 e. The summed E-state index contributed by atoms with van der Waals surface area (Å²) in [5.74, 6) is -0.394. The number of benzene rings is 1. The van der Waals surface area contributed by atoms with Crippen LogP contribution in [0.5, 0.6) is 0 Å². The number of nitrogens with one attached hydrogen (secondary N) is 1. The highest BCUT2D eigenvalue weighted by molar-refractivity contribution is 7.13. The van der Waals surface area contributed by atoms with Gasteiger partial charge in [-0.25, -0.2) is 4.98 Å². The maximum absolute atomic E-state index is 13.0. The van der Waals surface area contributed by atoms with Crippen LogP contribution in [-0.2, 0) is 9.59 Å². The highest BCUT2D eigenvalue weighted by Gasteiger charge is 2.40. The van der Waals surface area contributed by atoms with E-state index in [1.165, 1.54) is 4.90 Å². The van der Waals surface area contributed by atoms with Crippen molar-refractivity contribution in [2.75, 3.05) is 13.1 Å². The first-order valence-corrected chi connectivity index (χ1v) is 11.5. The third-order valence-corrected chi connectivity index (χ3v) is 6.84. The zero-order chi connectivity index (χ0) is 22.8. The van der Waals surface area contributed by atoms with E-state index in [0.717, 1.165) is 21.7 Å². The second-order valence-corrected chi connectivity index (χ2v) is 9.97. The lowest BCUT2D eigenvalue weighted by Gasteiger charge is -2.29. The fraction of sp³-hybridized carbons (Fsp3) is 0.522. The van der Waals surface area contributed by atoms with E-state index in [9.17, 15) is 14.7 Å². The average Bonchev–Trinajstić information content (AvgIpc) is 3.33. The van der Waals surface area contributed by atoms with Crippen LogP contribution in [0, 0.1) is 12.3 Å². The average molecular weight is 445 g/mol. The number of aryl methyl sites for hydroxylation is 1. The quantitative estimate of drug-likeness (QED) is 0.608. The Balaban J connectivity index is 1.66. The molecule has 168 valence electrons. The number of hydrogen-bond acceptors (Lipinski definition) is 6. The number of carbonyl (C=O) groups excluding carboxylic acids is 2. The third kappa shape index (κ3) is 5.50. The Hall–Kier alpha value is -2.29. The number of aliphatic hydroxyl groups excluding tert-OH is 1. The molecule has 0 bridgehead atoms. The molecule has 2 aromatic rings. The third-order valence-electron chi connectivity index (χ3n) is 5.86. The second kappa shape index (κ2) is 9.46. The van der Waals surface area contributed by atoms with Crippen LogP contribution in [0.15, 0.2) is 29.8 Å². The summed E-state index contributed by atoms with van der Waals surface area (Å²) in [6, 6.07) is 7.16. The number of amides is 2. The van der Waals surface area contributed by atoms with E-state index in [-0.39, 0.29) is 42.7 Å². The van der Waals surface area contributed by atoms with Gasteiger partial charge in [0, 0.05) is 19.4 Å². The topological polar surface area (TPSA) is 109 Å². The number of rotatable bonds is 7. The molecule has 0 unspecified atom stereocenters. The number of aliphatic hydroxyl groups is 1. The molecular formula is C23H32N4O3S. The predicted molar refractivity (Wildman–Crippen MR) is 122 cm³/mol. The summed E-state index contributed by atoms with van der Waals surface area (Å²) < 4.78 is 0. The second-order valence-electron chi connectivity index (χ2n) is 9.12. The fourth-order valence-electron chi connectivity index (χ4n) is 3.82. The van der Waals surface area contributed by atoms with E-state index < -0.39 is 12.1 Å². The lowest BCUT2D eigenvalue weighted by Crippen LogP contribution is -2.47. The summed E-state index contributed by atoms with van der Waals surface area (Å²) in [6.45, 7) is 8.30. The van der Waals surface area contributed by atoms with Crippen molar-refractivity contribution in [1.82, 2.24) is 15.2 Å². The molecule has 1 saturated heterocycles. The van der Waals surface area contributed by atoms with Crippen molar-refractivity contribution in [3.05, 3.63) is 41.0 Å². The fourth-order valence-corrected chi connectivity index (χ4v) is 4.63. The molecule has 31 heavy (non-hydrogen) atoms. The van der Waals surface area contributed by atoms with Crippen LogP contribution in [0.2, 0.25) is 0 Å². The first-order valence-electron chi connectivity index (χ1n) is 10.6. The number of thiazole rings is 1. The van der Waals surface area contributed by atoms with Crippen LogP contribution < -0.4 is 11.1 Å². The molecule has 3 rings (SSSR count). The van der Waals surface area contributed by atoms with Crippen LogP contribution >= 0.6 is 11.3 Å². The van der Waals surface area contributed by atoms with Crippen molar-refractivity contribution in [3.8, 4) is 10.4 Å². The van der Waals surface area contributed by atoms with Gasteiger partial charge in [0.05, 0.1) is 28.2 Å². The standard InChI is InChI=1S/C23H32N4O3S/c1-14(16-5-7-17(8-6-16)21-15(2)25-13-31-21)26-22(30)19-9-18(28)11-27(19)20(29)10-23(3,4)12-24/h5-8,13-14,18-19,28H,9-12,24H2,1-4H3,(H,26,30)/t14-,18+,19-/m0/s1. The van der Waals surface area contributed by atoms with Crippen LogP contribution in [0.4, 0.5) is 0 Å². The van der Waals surface area contributed by atoms with Crippen molar-refractivity contribution < 1.29 is 14.7 Å². The molecule has 1 fully saturated rings. The van der Waals surface area contributed by atoms with E-state index in [1.54, 1.807) is 11.3 Å². The SMILES string of the molecule is Cc1ncsc1-c1ccc([C@H](C)NC(=O)[C@@H]2C[C@@H](O)CN2C(=O)CC(C)(C)CN)cc1. The Labute approximate surface area is 187 Å². The van der Waals surface area contributed by atoms with Gasteiger partial charge in [-0.1, -0.05) is 38.1 Å². The molecule has 2 heterocycles. The van der Waals surface area contributed by atoms with Gasteiger partial charge in [0.2, 0.25) is 11.8 Å². The number of aromatic nitrogens is 1. The van der Waals surface area contributed by atoms with Crippen LogP contribution in [0.3, 0.4) is 0 Å². The van der Waals surface area contributed by atoms with E-state index in [2.05, 4.69) is 10.3 Å². The molecule has 0 radical (unpaired) electrons. The molecule has 7 nitrogen and oxygen atoms in total. The number of likely N-dealkylation sites (tertiary alicyclic amines) is 1. The molecule has 1 aromatic carbocycles. The van der Waals surface area contributed by atoms with Crippen molar-refractivity contribution >= 4 is 23.2 Å². The molecule has 1 aliphatic heterocycles. The van der Waals surface area contributed by atoms with Crippen molar-refractivity contribution in [1.29, 1.82) is 0 Å². The first kappa shape index (κ1) is 23.4. The van der Waals surface area contributed by atoms with E-state index >= 15 is 0 Å². The largest absolute Gasteiger partial charge is 0.391 e. The number of nitrogens with zero attached hydrogens (tertiary/aromatic N) is 2. The molecule has 1 aromatic heterocycles. The van der Waals surface area contributed by atoms with E-state index in [1.807, 2.05) is 57.5 Å². The summed E-state index contributed by atoms with van der Waals surface area (Å²) >= 11 is 1.60. The van der Waals surface area contributed by atoms with Gasteiger partial charge in [0.25, 0.3) is 0 Å². The van der Waals surface area contributed by atoms with Gasteiger partial charge in [-0.15, -0.1) is 11.3 Å².